The van der Waals surface area contributed by atoms with E-state index in [1.54, 1.807) is 0 Å². The third-order valence-electron chi connectivity index (χ3n) is 7.89. The minimum Gasteiger partial charge on any atom is -0.396 e. The molecule has 0 aromatic rings. The third-order valence-corrected chi connectivity index (χ3v) is 7.89. The molecule has 5 atom stereocenters. The number of hydrogen-bond donors (Lipinski definition) is 1. The molecule has 3 aliphatic rings. The van der Waals surface area contributed by atoms with Gasteiger partial charge in [-0.05, 0) is 60.2 Å². The van der Waals surface area contributed by atoms with Gasteiger partial charge in [-0.1, -0.05) is 34.1 Å². The average Bonchev–Trinajstić information content (AvgIpc) is 2.36. The first-order valence-corrected chi connectivity index (χ1v) is 8.89. The summed E-state index contributed by atoms with van der Waals surface area (Å²) >= 11 is 0. The molecule has 0 radical (unpaired) electrons. The molecule has 0 amide bonds. The van der Waals surface area contributed by atoms with Gasteiger partial charge in [-0.15, -0.1) is 0 Å². The topological polar surface area (TPSA) is 37.3 Å². The summed E-state index contributed by atoms with van der Waals surface area (Å²) in [6.07, 6.45) is 8.08. The Morgan fingerprint density at radius 3 is 2.38 bits per heavy atom. The summed E-state index contributed by atoms with van der Waals surface area (Å²) in [4.78, 5) is 12.3. The maximum absolute atomic E-state index is 12.3. The Balaban J connectivity index is 2.00. The Kier molecular flexibility index (Phi) is 3.56. The van der Waals surface area contributed by atoms with E-state index in [0.717, 1.165) is 18.8 Å². The monoisotopic (exact) mass is 292 g/mol. The lowest BCUT2D eigenvalue weighted by Crippen LogP contribution is -2.60. The van der Waals surface area contributed by atoms with Gasteiger partial charge in [-0.25, -0.2) is 0 Å². The van der Waals surface area contributed by atoms with Crippen molar-refractivity contribution in [2.24, 2.45) is 34.0 Å². The van der Waals surface area contributed by atoms with Gasteiger partial charge in [0.05, 0.1) is 6.61 Å². The Hall–Kier alpha value is -0.370. The second-order valence-corrected chi connectivity index (χ2v) is 9.24. The highest BCUT2D eigenvalue weighted by molar-refractivity contribution is 5.83. The van der Waals surface area contributed by atoms with Crippen LogP contribution in [-0.4, -0.2) is 17.5 Å². The maximum Gasteiger partial charge on any atom is 0.138 e. The molecule has 0 saturated heterocycles. The lowest BCUT2D eigenvalue weighted by molar-refractivity contribution is -0.175. The van der Waals surface area contributed by atoms with Crippen LogP contribution in [-0.2, 0) is 4.79 Å². The van der Waals surface area contributed by atoms with Gasteiger partial charge in [0.2, 0.25) is 0 Å². The van der Waals surface area contributed by atoms with Gasteiger partial charge in [0.1, 0.15) is 5.78 Å². The smallest absolute Gasteiger partial charge is 0.138 e. The average molecular weight is 292 g/mol. The third kappa shape index (κ3) is 2.04. The molecular weight excluding hydrogens is 260 g/mol. The Bertz CT molecular complexity index is 441. The van der Waals surface area contributed by atoms with Crippen molar-refractivity contribution in [2.45, 2.75) is 72.6 Å². The maximum atomic E-state index is 12.3. The number of Topliss-reactive ketones (excluding diaryl/α,β-unsaturated/α-hetero) is 1. The van der Waals surface area contributed by atoms with Crippen LogP contribution in [0.2, 0.25) is 0 Å². The van der Waals surface area contributed by atoms with Crippen LogP contribution < -0.4 is 0 Å². The predicted molar refractivity (Wildman–Crippen MR) is 84.9 cm³/mol. The van der Waals surface area contributed by atoms with Crippen molar-refractivity contribution in [3.63, 3.8) is 0 Å². The summed E-state index contributed by atoms with van der Waals surface area (Å²) in [7, 11) is 0. The fraction of sp³-hybridized carbons (Fsp3) is 0.947. The molecule has 3 saturated carbocycles. The standard InChI is InChI=1S/C19H32O2/c1-17(2)9-5-10-19(4)15(17)8-11-18(3)13(12-20)14(21)6-7-16(18)19/h13,15-16,20H,5-12H2,1-4H3/t13-,15+,16+,18+,19+/m0/s1. The number of carbonyl (C=O) groups excluding carboxylic acids is 1. The van der Waals surface area contributed by atoms with Gasteiger partial charge in [0, 0.05) is 12.3 Å². The summed E-state index contributed by atoms with van der Waals surface area (Å²) < 4.78 is 0. The van der Waals surface area contributed by atoms with Gasteiger partial charge in [0.15, 0.2) is 0 Å². The van der Waals surface area contributed by atoms with Gasteiger partial charge in [-0.2, -0.15) is 0 Å². The first kappa shape index (κ1) is 15.5. The number of carbonyl (C=O) groups is 1. The van der Waals surface area contributed by atoms with E-state index in [1.165, 1.54) is 25.7 Å². The van der Waals surface area contributed by atoms with Gasteiger partial charge in [-0.3, -0.25) is 4.79 Å². The molecule has 21 heavy (non-hydrogen) atoms. The van der Waals surface area contributed by atoms with Crippen LogP contribution in [0, 0.1) is 34.0 Å². The van der Waals surface area contributed by atoms with E-state index in [0.29, 0.717) is 29.0 Å². The number of ketones is 1. The van der Waals surface area contributed by atoms with Crippen molar-refractivity contribution in [1.29, 1.82) is 0 Å². The van der Waals surface area contributed by atoms with Crippen LogP contribution in [0.15, 0.2) is 0 Å². The van der Waals surface area contributed by atoms with Gasteiger partial charge >= 0.3 is 0 Å². The van der Waals surface area contributed by atoms with E-state index in [2.05, 4.69) is 27.7 Å². The van der Waals surface area contributed by atoms with Crippen LogP contribution in [0.4, 0.5) is 0 Å². The summed E-state index contributed by atoms with van der Waals surface area (Å²) in [5, 5.41) is 9.83. The molecule has 0 spiro atoms. The van der Waals surface area contributed by atoms with Crippen LogP contribution in [0.3, 0.4) is 0 Å². The quantitative estimate of drug-likeness (QED) is 0.786. The van der Waals surface area contributed by atoms with E-state index in [9.17, 15) is 9.90 Å². The zero-order valence-electron chi connectivity index (χ0n) is 14.2. The molecule has 0 aliphatic heterocycles. The zero-order valence-corrected chi connectivity index (χ0v) is 14.2. The number of hydrogen-bond acceptors (Lipinski definition) is 2. The highest BCUT2D eigenvalue weighted by atomic mass is 16.3. The fourth-order valence-corrected chi connectivity index (χ4v) is 6.90. The Morgan fingerprint density at radius 1 is 1.00 bits per heavy atom. The predicted octanol–water partition coefficient (Wildman–Crippen LogP) is 4.21. The largest absolute Gasteiger partial charge is 0.396 e. The van der Waals surface area contributed by atoms with Crippen LogP contribution in [0.25, 0.3) is 0 Å². The molecule has 0 heterocycles. The number of aliphatic hydroxyl groups excluding tert-OH is 1. The molecule has 3 rings (SSSR count). The molecule has 0 aromatic heterocycles. The molecule has 0 aromatic carbocycles. The number of aliphatic hydroxyl groups is 1. The van der Waals surface area contributed by atoms with E-state index in [1.807, 2.05) is 0 Å². The van der Waals surface area contributed by atoms with Crippen molar-refractivity contribution in [2.75, 3.05) is 6.61 Å². The van der Waals surface area contributed by atoms with Crippen LogP contribution in [0.1, 0.15) is 72.6 Å². The Labute approximate surface area is 129 Å². The van der Waals surface area contributed by atoms with E-state index in [-0.39, 0.29) is 17.9 Å². The fourth-order valence-electron chi connectivity index (χ4n) is 6.90. The second kappa shape index (κ2) is 4.81. The SMILES string of the molecule is CC1(C)CCC[C@@]2(C)[C@@H]3CCC(=O)[C@H](CO)[C@@]3(C)CC[C@H]12. The van der Waals surface area contributed by atoms with E-state index >= 15 is 0 Å². The van der Waals surface area contributed by atoms with E-state index < -0.39 is 0 Å². The lowest BCUT2D eigenvalue weighted by atomic mass is 9.39. The minimum atomic E-state index is -0.112. The molecule has 0 bridgehead atoms. The normalized spacial score (nSPS) is 49.4. The summed E-state index contributed by atoms with van der Waals surface area (Å²) in [6, 6.07) is 0. The molecule has 0 unspecified atom stereocenters. The molecule has 2 nitrogen and oxygen atoms in total. The molecule has 120 valence electrons. The number of fused-ring (bicyclic) bond motifs is 3. The van der Waals surface area contributed by atoms with Crippen molar-refractivity contribution in [1.82, 2.24) is 0 Å². The van der Waals surface area contributed by atoms with Crippen LogP contribution in [0.5, 0.6) is 0 Å². The second-order valence-electron chi connectivity index (χ2n) is 9.24. The minimum absolute atomic E-state index is 0.0305. The van der Waals surface area contributed by atoms with Crippen LogP contribution >= 0.6 is 0 Å². The summed E-state index contributed by atoms with van der Waals surface area (Å²) in [6.45, 7) is 9.77. The summed E-state index contributed by atoms with van der Waals surface area (Å²) in [5.74, 6) is 1.59. The highest BCUT2D eigenvalue weighted by Crippen LogP contribution is 2.67. The molecule has 2 heteroatoms. The van der Waals surface area contributed by atoms with E-state index in [4.69, 9.17) is 0 Å². The number of rotatable bonds is 1. The summed E-state index contributed by atoms with van der Waals surface area (Å²) in [5.41, 5.74) is 0.829. The molecular formula is C19H32O2. The van der Waals surface area contributed by atoms with Crippen molar-refractivity contribution in [3.05, 3.63) is 0 Å². The van der Waals surface area contributed by atoms with Gasteiger partial charge < -0.3 is 5.11 Å². The molecule has 3 fully saturated rings. The first-order chi connectivity index (χ1) is 9.75. The molecule has 1 N–H and O–H groups in total. The highest BCUT2D eigenvalue weighted by Gasteiger charge is 2.61. The van der Waals surface area contributed by atoms with Gasteiger partial charge in [0.25, 0.3) is 0 Å². The Morgan fingerprint density at radius 2 is 1.71 bits per heavy atom. The van der Waals surface area contributed by atoms with Crippen molar-refractivity contribution in [3.8, 4) is 0 Å². The lowest BCUT2D eigenvalue weighted by Gasteiger charge is -2.65. The zero-order chi connectivity index (χ0) is 15.5. The van der Waals surface area contributed by atoms with Crippen molar-refractivity contribution < 1.29 is 9.90 Å². The first-order valence-electron chi connectivity index (χ1n) is 8.89. The molecule has 3 aliphatic carbocycles. The van der Waals surface area contributed by atoms with Crippen molar-refractivity contribution >= 4 is 5.78 Å².